The summed E-state index contributed by atoms with van der Waals surface area (Å²) >= 11 is 5.71. The van der Waals surface area contributed by atoms with Crippen LogP contribution in [0.3, 0.4) is 0 Å². The Kier molecular flexibility index (Phi) is 4.32. The SMILES string of the molecule is CC(C)(C[C@](O)(C=O)C(F)(F)F)c1ccc(Cl)cc1. The van der Waals surface area contributed by atoms with Crippen LogP contribution in [0.5, 0.6) is 0 Å². The van der Waals surface area contributed by atoms with E-state index < -0.39 is 29.9 Å². The molecule has 0 saturated carbocycles. The second-order valence-electron chi connectivity index (χ2n) is 5.11. The van der Waals surface area contributed by atoms with E-state index in [-0.39, 0.29) is 0 Å². The molecule has 106 valence electrons. The van der Waals surface area contributed by atoms with Crippen LogP contribution in [-0.4, -0.2) is 23.2 Å². The van der Waals surface area contributed by atoms with Crippen molar-refractivity contribution in [3.05, 3.63) is 34.9 Å². The molecule has 0 aliphatic rings. The van der Waals surface area contributed by atoms with Crippen molar-refractivity contribution in [3.63, 3.8) is 0 Å². The lowest BCUT2D eigenvalue weighted by molar-refractivity contribution is -0.250. The Balaban J connectivity index is 3.08. The van der Waals surface area contributed by atoms with Crippen molar-refractivity contribution < 1.29 is 23.1 Å². The third-order valence-electron chi connectivity index (χ3n) is 3.02. The molecule has 0 heterocycles. The van der Waals surface area contributed by atoms with E-state index in [1.54, 1.807) is 24.3 Å². The van der Waals surface area contributed by atoms with Gasteiger partial charge in [0.25, 0.3) is 0 Å². The lowest BCUT2D eigenvalue weighted by Crippen LogP contribution is -2.50. The minimum atomic E-state index is -5.00. The molecule has 1 aromatic carbocycles. The maximum atomic E-state index is 12.7. The number of rotatable bonds is 4. The summed E-state index contributed by atoms with van der Waals surface area (Å²) in [4.78, 5) is 10.6. The van der Waals surface area contributed by atoms with Crippen LogP contribution in [0, 0.1) is 0 Å². The fourth-order valence-corrected chi connectivity index (χ4v) is 2.01. The number of hydrogen-bond donors (Lipinski definition) is 1. The van der Waals surface area contributed by atoms with E-state index in [0.717, 1.165) is 0 Å². The van der Waals surface area contributed by atoms with E-state index in [4.69, 9.17) is 11.6 Å². The number of hydrogen-bond acceptors (Lipinski definition) is 2. The molecule has 6 heteroatoms. The van der Waals surface area contributed by atoms with Crippen molar-refractivity contribution in [1.29, 1.82) is 0 Å². The Labute approximate surface area is 114 Å². The summed E-state index contributed by atoms with van der Waals surface area (Å²) in [5, 5.41) is 9.95. The Morgan fingerprint density at radius 2 is 1.68 bits per heavy atom. The molecular weight excluding hydrogens is 281 g/mol. The van der Waals surface area contributed by atoms with Gasteiger partial charge in [0, 0.05) is 11.4 Å². The molecule has 0 aliphatic carbocycles. The molecule has 0 unspecified atom stereocenters. The molecule has 0 spiro atoms. The van der Waals surface area contributed by atoms with E-state index in [2.05, 4.69) is 0 Å². The lowest BCUT2D eigenvalue weighted by atomic mass is 9.75. The average Bonchev–Trinajstić information content (AvgIpc) is 2.27. The van der Waals surface area contributed by atoms with Crippen LogP contribution in [0.25, 0.3) is 0 Å². The van der Waals surface area contributed by atoms with Crippen molar-refractivity contribution in [2.24, 2.45) is 0 Å². The van der Waals surface area contributed by atoms with Crippen molar-refractivity contribution in [2.45, 2.75) is 37.5 Å². The summed E-state index contributed by atoms with van der Waals surface area (Å²) < 4.78 is 38.1. The first kappa shape index (κ1) is 16.0. The van der Waals surface area contributed by atoms with Crippen LogP contribution >= 0.6 is 11.6 Å². The molecule has 1 rings (SSSR count). The number of aldehydes is 1. The summed E-state index contributed by atoms with van der Waals surface area (Å²) in [5.74, 6) is 0. The maximum Gasteiger partial charge on any atom is 0.424 e. The Hall–Kier alpha value is -1.07. The number of carbonyl (C=O) groups excluding carboxylic acids is 1. The summed E-state index contributed by atoms with van der Waals surface area (Å²) in [6.45, 7) is 3.05. The number of aliphatic hydroxyl groups is 1. The highest BCUT2D eigenvalue weighted by Gasteiger charge is 2.56. The van der Waals surface area contributed by atoms with Gasteiger partial charge in [0.1, 0.15) is 0 Å². The molecule has 0 bridgehead atoms. The Morgan fingerprint density at radius 3 is 2.05 bits per heavy atom. The van der Waals surface area contributed by atoms with E-state index in [1.807, 2.05) is 0 Å². The second-order valence-corrected chi connectivity index (χ2v) is 5.54. The fourth-order valence-electron chi connectivity index (χ4n) is 1.89. The zero-order valence-electron chi connectivity index (χ0n) is 10.5. The first-order valence-corrected chi connectivity index (χ1v) is 5.91. The summed E-state index contributed by atoms with van der Waals surface area (Å²) in [7, 11) is 0. The highest BCUT2D eigenvalue weighted by atomic mass is 35.5. The first-order valence-electron chi connectivity index (χ1n) is 5.53. The summed E-state index contributed by atoms with van der Waals surface area (Å²) in [5.41, 5.74) is -3.83. The van der Waals surface area contributed by atoms with Crippen molar-refractivity contribution in [1.82, 2.24) is 0 Å². The number of benzene rings is 1. The molecular formula is C13H14ClF3O2. The van der Waals surface area contributed by atoms with Gasteiger partial charge < -0.3 is 5.11 Å². The maximum absolute atomic E-state index is 12.7. The topological polar surface area (TPSA) is 37.3 Å². The minimum Gasteiger partial charge on any atom is -0.374 e. The molecule has 0 radical (unpaired) electrons. The van der Waals surface area contributed by atoms with Gasteiger partial charge >= 0.3 is 6.18 Å². The zero-order valence-corrected chi connectivity index (χ0v) is 11.2. The normalized spacial score (nSPS) is 15.9. The molecule has 1 atom stereocenters. The van der Waals surface area contributed by atoms with Crippen molar-refractivity contribution >= 4 is 17.9 Å². The minimum absolute atomic E-state index is 0.454. The van der Waals surface area contributed by atoms with Gasteiger partial charge in [-0.3, -0.25) is 4.79 Å². The fraction of sp³-hybridized carbons (Fsp3) is 0.462. The van der Waals surface area contributed by atoms with Gasteiger partial charge in [-0.2, -0.15) is 13.2 Å². The van der Waals surface area contributed by atoms with Gasteiger partial charge in [-0.25, -0.2) is 0 Å². The lowest BCUT2D eigenvalue weighted by Gasteiger charge is -2.34. The summed E-state index contributed by atoms with van der Waals surface area (Å²) in [6, 6.07) is 6.24. The Morgan fingerprint density at radius 1 is 1.21 bits per heavy atom. The number of alkyl halides is 3. The van der Waals surface area contributed by atoms with E-state index in [0.29, 0.717) is 10.6 Å². The monoisotopic (exact) mass is 294 g/mol. The summed E-state index contributed by atoms with van der Waals surface area (Å²) in [6.07, 6.45) is -6.21. The molecule has 0 aromatic heterocycles. The van der Waals surface area contributed by atoms with Crippen molar-refractivity contribution in [2.75, 3.05) is 0 Å². The van der Waals surface area contributed by atoms with Gasteiger partial charge in [-0.05, 0) is 23.1 Å². The average molecular weight is 295 g/mol. The van der Waals surface area contributed by atoms with Crippen LogP contribution in [0.1, 0.15) is 25.8 Å². The Bertz CT molecular complexity index is 454. The van der Waals surface area contributed by atoms with Crippen LogP contribution in [0.15, 0.2) is 24.3 Å². The molecule has 0 fully saturated rings. The van der Waals surface area contributed by atoms with E-state index >= 15 is 0 Å². The van der Waals surface area contributed by atoms with Gasteiger partial charge in [-0.15, -0.1) is 0 Å². The van der Waals surface area contributed by atoms with Gasteiger partial charge in [-0.1, -0.05) is 37.6 Å². The van der Waals surface area contributed by atoms with Crippen LogP contribution in [-0.2, 0) is 10.2 Å². The van der Waals surface area contributed by atoms with Gasteiger partial charge in [0.15, 0.2) is 6.29 Å². The van der Waals surface area contributed by atoms with Crippen LogP contribution in [0.2, 0.25) is 5.02 Å². The molecule has 19 heavy (non-hydrogen) atoms. The molecule has 1 aromatic rings. The van der Waals surface area contributed by atoms with E-state index in [1.165, 1.54) is 13.8 Å². The molecule has 2 nitrogen and oxygen atoms in total. The standard InChI is InChI=1S/C13H14ClF3O2/c1-11(2,9-3-5-10(14)6-4-9)7-12(19,8-18)13(15,16)17/h3-6,8,19H,7H2,1-2H3/t12-/m0/s1. The molecule has 1 N–H and O–H groups in total. The quantitative estimate of drug-likeness (QED) is 0.863. The molecule has 0 aliphatic heterocycles. The number of halogens is 4. The third-order valence-corrected chi connectivity index (χ3v) is 3.27. The van der Waals surface area contributed by atoms with Crippen LogP contribution in [0.4, 0.5) is 13.2 Å². The number of carbonyl (C=O) groups is 1. The largest absolute Gasteiger partial charge is 0.424 e. The predicted octanol–water partition coefficient (Wildman–Crippen LogP) is 3.50. The van der Waals surface area contributed by atoms with Crippen LogP contribution < -0.4 is 0 Å². The highest BCUT2D eigenvalue weighted by Crippen LogP contribution is 2.40. The molecule has 0 saturated heterocycles. The third kappa shape index (κ3) is 3.48. The first-order chi connectivity index (χ1) is 8.52. The van der Waals surface area contributed by atoms with Gasteiger partial charge in [0.2, 0.25) is 5.60 Å². The smallest absolute Gasteiger partial charge is 0.374 e. The van der Waals surface area contributed by atoms with E-state index in [9.17, 15) is 23.1 Å². The zero-order chi connectivity index (χ0) is 14.9. The van der Waals surface area contributed by atoms with Crippen molar-refractivity contribution in [3.8, 4) is 0 Å². The second kappa shape index (κ2) is 5.13. The predicted molar refractivity (Wildman–Crippen MR) is 66.2 cm³/mol. The molecule has 0 amide bonds. The highest BCUT2D eigenvalue weighted by molar-refractivity contribution is 6.30. The van der Waals surface area contributed by atoms with Gasteiger partial charge in [0.05, 0.1) is 0 Å².